The van der Waals surface area contributed by atoms with Gasteiger partial charge in [0, 0.05) is 5.39 Å². The Kier molecular flexibility index (Phi) is 4.49. The van der Waals surface area contributed by atoms with Crippen molar-refractivity contribution in [3.05, 3.63) is 54.5 Å². The van der Waals surface area contributed by atoms with Crippen molar-refractivity contribution in [2.45, 2.75) is 18.2 Å². The van der Waals surface area contributed by atoms with Crippen LogP contribution in [0.3, 0.4) is 0 Å². The number of aromatic nitrogens is 2. The Balaban J connectivity index is 1.33. The second kappa shape index (κ2) is 7.09. The zero-order valence-electron chi connectivity index (χ0n) is 13.8. The fourth-order valence-corrected chi connectivity index (χ4v) is 3.04. The number of hydrogen-bond acceptors (Lipinski definition) is 7. The minimum atomic E-state index is -0.239. The van der Waals surface area contributed by atoms with Gasteiger partial charge in [0.1, 0.15) is 11.3 Å². The number of para-hydroxylation sites is 1. The van der Waals surface area contributed by atoms with Crippen molar-refractivity contribution >= 4 is 28.6 Å². The summed E-state index contributed by atoms with van der Waals surface area (Å²) >= 11 is 1.16. The van der Waals surface area contributed by atoms with Gasteiger partial charge in [0.25, 0.3) is 11.1 Å². The molecule has 3 aromatic heterocycles. The van der Waals surface area contributed by atoms with Crippen molar-refractivity contribution in [3.8, 4) is 11.7 Å². The number of hydrogen-bond donors (Lipinski definition) is 1. The van der Waals surface area contributed by atoms with E-state index < -0.39 is 0 Å². The molecule has 1 atom stereocenters. The zero-order chi connectivity index (χ0) is 17.9. The molecule has 4 rings (SSSR count). The van der Waals surface area contributed by atoms with E-state index in [2.05, 4.69) is 15.5 Å². The summed E-state index contributed by atoms with van der Waals surface area (Å²) in [5, 5.41) is 12.0. The van der Waals surface area contributed by atoms with Gasteiger partial charge in [-0.15, -0.1) is 10.2 Å². The van der Waals surface area contributed by atoms with Crippen molar-refractivity contribution < 1.29 is 18.0 Å². The lowest BCUT2D eigenvalue weighted by atomic mass is 10.2. The van der Waals surface area contributed by atoms with Crippen LogP contribution in [0.1, 0.15) is 18.7 Å². The van der Waals surface area contributed by atoms with Crippen LogP contribution in [0.2, 0.25) is 0 Å². The van der Waals surface area contributed by atoms with E-state index in [9.17, 15) is 4.79 Å². The lowest BCUT2D eigenvalue weighted by Gasteiger charge is -2.10. The number of benzene rings is 1. The van der Waals surface area contributed by atoms with Gasteiger partial charge in [-0.25, -0.2) is 0 Å². The van der Waals surface area contributed by atoms with Crippen molar-refractivity contribution in [1.29, 1.82) is 0 Å². The summed E-state index contributed by atoms with van der Waals surface area (Å²) in [5.41, 5.74) is 0.800. The van der Waals surface area contributed by atoms with Crippen LogP contribution in [0.5, 0.6) is 0 Å². The number of amides is 1. The molecule has 0 fully saturated rings. The van der Waals surface area contributed by atoms with E-state index in [1.807, 2.05) is 37.3 Å². The molecule has 0 saturated heterocycles. The van der Waals surface area contributed by atoms with Gasteiger partial charge in [0.15, 0.2) is 5.76 Å². The van der Waals surface area contributed by atoms with Crippen LogP contribution in [0.25, 0.3) is 22.6 Å². The molecular formula is C18H15N3O4S. The smallest absolute Gasteiger partial charge is 0.284 e. The van der Waals surface area contributed by atoms with E-state index in [-0.39, 0.29) is 23.6 Å². The topological polar surface area (TPSA) is 94.3 Å². The molecule has 0 saturated carbocycles. The van der Waals surface area contributed by atoms with Gasteiger partial charge in [-0.1, -0.05) is 30.0 Å². The molecular weight excluding hydrogens is 354 g/mol. The lowest BCUT2D eigenvalue weighted by molar-refractivity contribution is -0.119. The van der Waals surface area contributed by atoms with Gasteiger partial charge < -0.3 is 18.6 Å². The van der Waals surface area contributed by atoms with Gasteiger partial charge in [-0.3, -0.25) is 4.79 Å². The van der Waals surface area contributed by atoms with Crippen molar-refractivity contribution in [3.63, 3.8) is 0 Å². The largest absolute Gasteiger partial charge is 0.459 e. The highest BCUT2D eigenvalue weighted by atomic mass is 32.2. The van der Waals surface area contributed by atoms with E-state index >= 15 is 0 Å². The molecule has 0 unspecified atom stereocenters. The van der Waals surface area contributed by atoms with E-state index in [0.717, 1.165) is 22.7 Å². The van der Waals surface area contributed by atoms with E-state index in [0.29, 0.717) is 16.7 Å². The first-order valence-electron chi connectivity index (χ1n) is 7.97. The Hall–Kier alpha value is -3.00. The average molecular weight is 369 g/mol. The van der Waals surface area contributed by atoms with Crippen molar-refractivity contribution in [1.82, 2.24) is 15.5 Å². The molecule has 1 amide bonds. The highest BCUT2D eigenvalue weighted by Gasteiger charge is 2.16. The summed E-state index contributed by atoms with van der Waals surface area (Å²) in [7, 11) is 0. The Morgan fingerprint density at radius 1 is 1.19 bits per heavy atom. The molecule has 8 heteroatoms. The number of furan rings is 2. The fourth-order valence-electron chi connectivity index (χ4n) is 2.47. The molecule has 132 valence electrons. The third-order valence-electron chi connectivity index (χ3n) is 3.71. The third kappa shape index (κ3) is 3.50. The molecule has 0 spiro atoms. The van der Waals surface area contributed by atoms with Crippen LogP contribution in [-0.2, 0) is 4.79 Å². The number of carbonyl (C=O) groups excluding carboxylic acids is 1. The standard InChI is InChI=1S/C18H15N3O4S/c1-11(15-9-12-5-2-3-6-13(12)24-15)19-16(22)10-26-18-21-20-17(25-18)14-7-4-8-23-14/h2-9,11H,10H2,1H3,(H,19,22)/t11-/m1/s1. The van der Waals surface area contributed by atoms with Crippen LogP contribution < -0.4 is 5.32 Å². The molecule has 3 heterocycles. The van der Waals surface area contributed by atoms with Crippen LogP contribution in [0.15, 0.2) is 67.2 Å². The lowest BCUT2D eigenvalue weighted by Crippen LogP contribution is -2.27. The van der Waals surface area contributed by atoms with Gasteiger partial charge in [-0.2, -0.15) is 0 Å². The summed E-state index contributed by atoms with van der Waals surface area (Å²) in [6.07, 6.45) is 1.53. The molecule has 0 aliphatic rings. The Labute approximate surface area is 152 Å². The van der Waals surface area contributed by atoms with Gasteiger partial charge in [0.05, 0.1) is 18.1 Å². The van der Waals surface area contributed by atoms with E-state index in [1.54, 1.807) is 12.1 Å². The number of carbonyl (C=O) groups is 1. The predicted molar refractivity (Wildman–Crippen MR) is 95.5 cm³/mol. The fraction of sp³-hybridized carbons (Fsp3) is 0.167. The molecule has 1 N–H and O–H groups in total. The summed E-state index contributed by atoms with van der Waals surface area (Å²) in [6, 6.07) is 12.9. The van der Waals surface area contributed by atoms with Crippen LogP contribution in [0, 0.1) is 0 Å². The molecule has 0 aliphatic carbocycles. The summed E-state index contributed by atoms with van der Waals surface area (Å²) in [4.78, 5) is 12.2. The average Bonchev–Trinajstić information content (AvgIpc) is 3.39. The van der Waals surface area contributed by atoms with Crippen LogP contribution >= 0.6 is 11.8 Å². The van der Waals surface area contributed by atoms with Crippen LogP contribution in [0.4, 0.5) is 0 Å². The zero-order valence-corrected chi connectivity index (χ0v) is 14.7. The van der Waals surface area contributed by atoms with Crippen molar-refractivity contribution in [2.75, 3.05) is 5.75 Å². The minimum absolute atomic E-state index is 0.152. The SMILES string of the molecule is C[C@@H](NC(=O)CSc1nnc(-c2ccco2)o1)c1cc2ccccc2o1. The van der Waals surface area contributed by atoms with Crippen LogP contribution in [-0.4, -0.2) is 21.9 Å². The van der Waals surface area contributed by atoms with E-state index in [1.165, 1.54) is 6.26 Å². The number of nitrogens with zero attached hydrogens (tertiary/aromatic N) is 2. The Morgan fingerprint density at radius 2 is 2.08 bits per heavy atom. The van der Waals surface area contributed by atoms with Crippen molar-refractivity contribution in [2.24, 2.45) is 0 Å². The summed E-state index contributed by atoms with van der Waals surface area (Å²) in [6.45, 7) is 1.88. The molecule has 0 bridgehead atoms. The highest BCUT2D eigenvalue weighted by Crippen LogP contribution is 2.25. The predicted octanol–water partition coefficient (Wildman–Crippen LogP) is 4.05. The monoisotopic (exact) mass is 369 g/mol. The summed E-state index contributed by atoms with van der Waals surface area (Å²) < 4.78 is 16.4. The third-order valence-corrected chi connectivity index (χ3v) is 4.53. The second-order valence-electron chi connectivity index (χ2n) is 5.61. The quantitative estimate of drug-likeness (QED) is 0.512. The van der Waals surface area contributed by atoms with Gasteiger partial charge in [-0.05, 0) is 31.2 Å². The van der Waals surface area contributed by atoms with Gasteiger partial charge >= 0.3 is 0 Å². The molecule has 7 nitrogen and oxygen atoms in total. The highest BCUT2D eigenvalue weighted by molar-refractivity contribution is 7.99. The number of thioether (sulfide) groups is 1. The normalized spacial score (nSPS) is 12.3. The molecule has 26 heavy (non-hydrogen) atoms. The second-order valence-corrected chi connectivity index (χ2v) is 6.54. The first-order valence-corrected chi connectivity index (χ1v) is 8.95. The molecule has 1 aromatic carbocycles. The maximum absolute atomic E-state index is 12.2. The maximum Gasteiger partial charge on any atom is 0.284 e. The maximum atomic E-state index is 12.2. The number of fused-ring (bicyclic) bond motifs is 1. The van der Waals surface area contributed by atoms with Gasteiger partial charge in [0.2, 0.25) is 5.91 Å². The van der Waals surface area contributed by atoms with E-state index in [4.69, 9.17) is 13.3 Å². The first kappa shape index (κ1) is 16.5. The molecule has 0 aliphatic heterocycles. The summed E-state index contributed by atoms with van der Waals surface area (Å²) in [5.74, 6) is 1.49. The first-order chi connectivity index (χ1) is 12.7. The molecule has 4 aromatic rings. The molecule has 0 radical (unpaired) electrons. The minimum Gasteiger partial charge on any atom is -0.459 e. The number of nitrogens with one attached hydrogen (secondary N) is 1. The Bertz CT molecular complexity index is 989. The Morgan fingerprint density at radius 3 is 2.88 bits per heavy atom. The number of rotatable bonds is 6.